The first kappa shape index (κ1) is 7.51. The molecule has 1 unspecified atom stereocenters. The highest BCUT2D eigenvalue weighted by Crippen LogP contribution is 1.81. The first-order chi connectivity index (χ1) is 4.16. The SMILES string of the molecule is CC(N=[N+]=[N-])N[N+](=O)[O-]. The monoisotopic (exact) mass is 131 g/mol. The van der Waals surface area contributed by atoms with Crippen molar-refractivity contribution in [3.8, 4) is 0 Å². The van der Waals surface area contributed by atoms with Crippen molar-refractivity contribution in [2.24, 2.45) is 5.11 Å². The summed E-state index contributed by atoms with van der Waals surface area (Å²) in [5.41, 5.74) is 9.49. The van der Waals surface area contributed by atoms with Gasteiger partial charge in [-0.25, -0.2) is 10.1 Å². The molecule has 1 atom stereocenters. The molecule has 7 nitrogen and oxygen atoms in total. The van der Waals surface area contributed by atoms with Crippen LogP contribution in [0.15, 0.2) is 5.11 Å². The third-order valence-corrected chi connectivity index (χ3v) is 0.517. The minimum absolute atomic E-state index is 0.765. The second-order valence-corrected chi connectivity index (χ2v) is 1.27. The summed E-state index contributed by atoms with van der Waals surface area (Å²) in [5.74, 6) is 0. The lowest BCUT2D eigenvalue weighted by molar-refractivity contribution is -0.550. The topological polar surface area (TPSA) is 104 Å². The summed E-state index contributed by atoms with van der Waals surface area (Å²) in [7, 11) is 0. The van der Waals surface area contributed by atoms with Crippen LogP contribution in [-0.4, -0.2) is 11.2 Å². The van der Waals surface area contributed by atoms with Gasteiger partial charge in [-0.05, 0) is 12.5 Å². The maximum absolute atomic E-state index is 9.60. The molecule has 0 rings (SSSR count). The summed E-state index contributed by atoms with van der Waals surface area (Å²) in [6.07, 6.45) is -0.801. The quantitative estimate of drug-likeness (QED) is 0.197. The molecule has 0 aliphatic rings. The lowest BCUT2D eigenvalue weighted by Gasteiger charge is -1.96. The molecule has 0 saturated carbocycles. The van der Waals surface area contributed by atoms with Gasteiger partial charge in [0.2, 0.25) is 0 Å². The molecule has 0 aliphatic heterocycles. The van der Waals surface area contributed by atoms with Crippen LogP contribution < -0.4 is 5.43 Å². The Morgan fingerprint density at radius 1 is 2.00 bits per heavy atom. The number of hydrazine groups is 1. The third-order valence-electron chi connectivity index (χ3n) is 0.517. The van der Waals surface area contributed by atoms with Gasteiger partial charge in [-0.2, -0.15) is 0 Å². The summed E-state index contributed by atoms with van der Waals surface area (Å²) in [6.45, 7) is 1.38. The highest BCUT2D eigenvalue weighted by atomic mass is 16.7. The number of nitro groups is 1. The van der Waals surface area contributed by atoms with Crippen molar-refractivity contribution < 1.29 is 5.03 Å². The molecule has 0 radical (unpaired) electrons. The van der Waals surface area contributed by atoms with Gasteiger partial charge in [-0.15, -0.1) is 5.43 Å². The van der Waals surface area contributed by atoms with Gasteiger partial charge in [0.25, 0.3) is 0 Å². The van der Waals surface area contributed by atoms with Crippen molar-refractivity contribution in [3.63, 3.8) is 0 Å². The maximum Gasteiger partial charge on any atom is 0.162 e. The molecule has 50 valence electrons. The Kier molecular flexibility index (Phi) is 2.92. The Bertz CT molecular complexity index is 149. The van der Waals surface area contributed by atoms with Crippen LogP contribution in [0.4, 0.5) is 0 Å². The van der Waals surface area contributed by atoms with E-state index < -0.39 is 11.2 Å². The molecule has 0 aromatic carbocycles. The van der Waals surface area contributed by atoms with Crippen LogP contribution in [-0.2, 0) is 0 Å². The van der Waals surface area contributed by atoms with E-state index in [1.165, 1.54) is 6.92 Å². The van der Waals surface area contributed by atoms with E-state index in [0.717, 1.165) is 0 Å². The second-order valence-electron chi connectivity index (χ2n) is 1.27. The molecule has 0 saturated heterocycles. The molecule has 0 aliphatic carbocycles. The van der Waals surface area contributed by atoms with Gasteiger partial charge in [0.05, 0.1) is 0 Å². The van der Waals surface area contributed by atoms with Crippen LogP contribution in [0.1, 0.15) is 6.92 Å². The van der Waals surface area contributed by atoms with Gasteiger partial charge in [-0.3, -0.25) is 0 Å². The fraction of sp³-hybridized carbons (Fsp3) is 1.00. The fourth-order valence-electron chi connectivity index (χ4n) is 0.256. The molecule has 0 amide bonds. The number of hydrogen-bond donors (Lipinski definition) is 1. The Labute approximate surface area is 50.4 Å². The lowest BCUT2D eigenvalue weighted by Crippen LogP contribution is -2.29. The maximum atomic E-state index is 9.60. The Morgan fingerprint density at radius 3 is 2.89 bits per heavy atom. The Hall–Kier alpha value is -1.49. The van der Waals surface area contributed by atoms with Crippen LogP contribution in [0.5, 0.6) is 0 Å². The van der Waals surface area contributed by atoms with E-state index in [1.54, 1.807) is 5.43 Å². The van der Waals surface area contributed by atoms with E-state index in [1.807, 2.05) is 0 Å². The molecule has 0 heterocycles. The molecule has 0 aromatic rings. The zero-order valence-electron chi connectivity index (χ0n) is 4.68. The molecule has 9 heavy (non-hydrogen) atoms. The van der Waals surface area contributed by atoms with Crippen molar-refractivity contribution in [2.45, 2.75) is 13.1 Å². The van der Waals surface area contributed by atoms with Gasteiger partial charge < -0.3 is 0 Å². The van der Waals surface area contributed by atoms with Crippen LogP contribution in [0.2, 0.25) is 0 Å². The summed E-state index contributed by atoms with van der Waals surface area (Å²) in [5, 5.41) is 11.8. The Balaban J connectivity index is 3.62. The predicted octanol–water partition coefficient (Wildman–Crippen LogP) is 0.424. The van der Waals surface area contributed by atoms with E-state index in [0.29, 0.717) is 0 Å². The van der Waals surface area contributed by atoms with E-state index in [4.69, 9.17) is 5.53 Å². The average Bonchev–Trinajstić information content (AvgIpc) is 1.63. The van der Waals surface area contributed by atoms with Gasteiger partial charge in [0, 0.05) is 4.91 Å². The third kappa shape index (κ3) is 4.36. The fourth-order valence-corrected chi connectivity index (χ4v) is 0.256. The zero-order valence-corrected chi connectivity index (χ0v) is 4.68. The minimum Gasteiger partial charge on any atom is -0.235 e. The molecule has 0 spiro atoms. The highest BCUT2D eigenvalue weighted by Gasteiger charge is 2.00. The minimum atomic E-state index is -0.801. The zero-order chi connectivity index (χ0) is 7.28. The van der Waals surface area contributed by atoms with Crippen molar-refractivity contribution >= 4 is 0 Å². The van der Waals surface area contributed by atoms with Crippen molar-refractivity contribution in [1.82, 2.24) is 5.43 Å². The average molecular weight is 131 g/mol. The Morgan fingerprint density at radius 2 is 2.56 bits per heavy atom. The second kappa shape index (κ2) is 3.50. The number of nitrogens with zero attached hydrogens (tertiary/aromatic N) is 4. The van der Waals surface area contributed by atoms with Crippen molar-refractivity contribution in [3.05, 3.63) is 20.6 Å². The summed E-state index contributed by atoms with van der Waals surface area (Å²) in [6, 6.07) is 0. The number of hydrogen-bond acceptors (Lipinski definition) is 3. The van der Waals surface area contributed by atoms with E-state index in [2.05, 4.69) is 10.0 Å². The molecular weight excluding hydrogens is 126 g/mol. The van der Waals surface area contributed by atoms with Crippen molar-refractivity contribution in [1.29, 1.82) is 0 Å². The normalized spacial score (nSPS) is 11.2. The molecule has 0 fully saturated rings. The summed E-state index contributed by atoms with van der Waals surface area (Å²) < 4.78 is 0. The summed E-state index contributed by atoms with van der Waals surface area (Å²) >= 11 is 0. The molecule has 7 heteroatoms. The van der Waals surface area contributed by atoms with Gasteiger partial charge >= 0.3 is 0 Å². The van der Waals surface area contributed by atoms with Crippen LogP contribution >= 0.6 is 0 Å². The number of nitrogens with one attached hydrogen (secondary N) is 1. The van der Waals surface area contributed by atoms with Crippen LogP contribution in [0.25, 0.3) is 10.4 Å². The van der Waals surface area contributed by atoms with E-state index in [-0.39, 0.29) is 0 Å². The molecule has 0 bridgehead atoms. The predicted molar refractivity (Wildman–Crippen MR) is 28.7 cm³/mol. The van der Waals surface area contributed by atoms with Crippen molar-refractivity contribution in [2.75, 3.05) is 0 Å². The number of azide groups is 1. The number of rotatable bonds is 3. The molecular formula is C2H5N5O2. The van der Waals surface area contributed by atoms with Crippen LogP contribution in [0.3, 0.4) is 0 Å². The smallest absolute Gasteiger partial charge is 0.162 e. The summed E-state index contributed by atoms with van der Waals surface area (Å²) in [4.78, 5) is 11.9. The first-order valence-corrected chi connectivity index (χ1v) is 2.11. The first-order valence-electron chi connectivity index (χ1n) is 2.11. The van der Waals surface area contributed by atoms with E-state index >= 15 is 0 Å². The lowest BCUT2D eigenvalue weighted by atomic mass is 10.6. The van der Waals surface area contributed by atoms with Crippen LogP contribution in [0, 0.1) is 10.1 Å². The van der Waals surface area contributed by atoms with Gasteiger partial charge in [-0.1, -0.05) is 5.11 Å². The molecule has 0 aromatic heterocycles. The van der Waals surface area contributed by atoms with E-state index in [9.17, 15) is 10.1 Å². The highest BCUT2D eigenvalue weighted by molar-refractivity contribution is 4.49. The van der Waals surface area contributed by atoms with Gasteiger partial charge in [0.1, 0.15) is 0 Å². The molecule has 1 N–H and O–H groups in total. The standard InChI is InChI=1S/C2H5N5O2/c1-2(4-6-3)5-7(8)9/h2,5H,1H3. The largest absolute Gasteiger partial charge is 0.235 e. The van der Waals surface area contributed by atoms with Gasteiger partial charge in [0.15, 0.2) is 11.2 Å².